The summed E-state index contributed by atoms with van der Waals surface area (Å²) in [5.74, 6) is -0.551. The van der Waals surface area contributed by atoms with Crippen molar-refractivity contribution in [2.45, 2.75) is 13.3 Å². The second-order valence-corrected chi connectivity index (χ2v) is 4.44. The van der Waals surface area contributed by atoms with E-state index in [1.807, 2.05) is 0 Å². The highest BCUT2D eigenvalue weighted by Gasteiger charge is 2.15. The number of carboxylic acid groups (broad SMARTS) is 1. The second kappa shape index (κ2) is 5.66. The number of ether oxygens (including phenoxy) is 1. The Labute approximate surface area is 119 Å². The lowest BCUT2D eigenvalue weighted by atomic mass is 10.1. The van der Waals surface area contributed by atoms with Gasteiger partial charge in [0.2, 0.25) is 0 Å². The van der Waals surface area contributed by atoms with E-state index in [0.29, 0.717) is 11.4 Å². The number of aryl methyl sites for hydroxylation is 1. The minimum Gasteiger partial charge on any atom is -0.497 e. The molecule has 0 aliphatic carbocycles. The maximum absolute atomic E-state index is 12.3. The van der Waals surface area contributed by atoms with Crippen LogP contribution >= 0.6 is 0 Å². The Hall–Kier alpha value is -2.83. The van der Waals surface area contributed by atoms with Crippen molar-refractivity contribution in [3.8, 4) is 11.4 Å². The molecule has 0 atom stereocenters. The first-order valence-corrected chi connectivity index (χ1v) is 6.15. The highest BCUT2D eigenvalue weighted by atomic mass is 16.5. The molecule has 0 unspecified atom stereocenters. The fraction of sp³-hybridized carbons (Fsp3) is 0.214. The van der Waals surface area contributed by atoms with Crippen molar-refractivity contribution in [1.82, 2.24) is 9.55 Å². The lowest BCUT2D eigenvalue weighted by molar-refractivity contribution is -0.136. The summed E-state index contributed by atoms with van der Waals surface area (Å²) >= 11 is 0. The molecular weight excluding hydrogens is 276 g/mol. The van der Waals surface area contributed by atoms with E-state index in [2.05, 4.69) is 4.98 Å². The summed E-state index contributed by atoms with van der Waals surface area (Å²) in [6, 6.07) is 6.32. The number of hydrogen-bond donors (Lipinski definition) is 2. The Morgan fingerprint density at radius 2 is 1.90 bits per heavy atom. The molecule has 0 radical (unpaired) electrons. The number of nitrogens with zero attached hydrogens (tertiary/aromatic N) is 1. The summed E-state index contributed by atoms with van der Waals surface area (Å²) in [6.45, 7) is 1.50. The molecule has 0 amide bonds. The molecule has 21 heavy (non-hydrogen) atoms. The molecule has 2 aromatic rings. The van der Waals surface area contributed by atoms with Crippen LogP contribution < -0.4 is 16.0 Å². The normalized spacial score (nSPS) is 10.4. The van der Waals surface area contributed by atoms with Crippen LogP contribution in [0.25, 0.3) is 5.69 Å². The maximum atomic E-state index is 12.3. The van der Waals surface area contributed by atoms with E-state index in [1.54, 1.807) is 24.3 Å². The van der Waals surface area contributed by atoms with E-state index >= 15 is 0 Å². The van der Waals surface area contributed by atoms with Crippen LogP contribution in [-0.4, -0.2) is 27.7 Å². The Morgan fingerprint density at radius 3 is 2.43 bits per heavy atom. The molecule has 0 saturated heterocycles. The molecule has 0 aliphatic rings. The van der Waals surface area contributed by atoms with Crippen LogP contribution in [0.5, 0.6) is 5.75 Å². The van der Waals surface area contributed by atoms with Gasteiger partial charge in [-0.25, -0.2) is 9.36 Å². The number of carbonyl (C=O) groups is 1. The third-order valence-corrected chi connectivity index (χ3v) is 3.07. The minimum absolute atomic E-state index is 0.0536. The summed E-state index contributed by atoms with van der Waals surface area (Å²) in [4.78, 5) is 37.7. The number of nitrogens with one attached hydrogen (secondary N) is 1. The number of benzene rings is 1. The summed E-state index contributed by atoms with van der Waals surface area (Å²) in [5.41, 5.74) is -0.593. The predicted molar refractivity (Wildman–Crippen MR) is 75.3 cm³/mol. The molecule has 7 nitrogen and oxygen atoms in total. The maximum Gasteiger partial charge on any atom is 0.333 e. The third-order valence-electron chi connectivity index (χ3n) is 3.07. The van der Waals surface area contributed by atoms with Crippen molar-refractivity contribution < 1.29 is 14.6 Å². The van der Waals surface area contributed by atoms with Gasteiger partial charge in [-0.2, -0.15) is 0 Å². The summed E-state index contributed by atoms with van der Waals surface area (Å²) < 4.78 is 5.92. The minimum atomic E-state index is -1.14. The monoisotopic (exact) mass is 290 g/mol. The van der Waals surface area contributed by atoms with Gasteiger partial charge in [-0.1, -0.05) is 0 Å². The van der Waals surface area contributed by atoms with E-state index in [9.17, 15) is 14.4 Å². The van der Waals surface area contributed by atoms with Crippen LogP contribution in [0.15, 0.2) is 33.9 Å². The number of aromatic amines is 1. The smallest absolute Gasteiger partial charge is 0.333 e. The summed E-state index contributed by atoms with van der Waals surface area (Å²) in [6.07, 6.45) is -0.447. The van der Waals surface area contributed by atoms with Gasteiger partial charge < -0.3 is 14.8 Å². The van der Waals surface area contributed by atoms with Crippen LogP contribution in [0, 0.1) is 6.92 Å². The van der Waals surface area contributed by atoms with Crippen LogP contribution in [0.3, 0.4) is 0 Å². The van der Waals surface area contributed by atoms with Gasteiger partial charge in [0.05, 0.1) is 19.2 Å². The van der Waals surface area contributed by atoms with Crippen LogP contribution in [0.1, 0.15) is 11.3 Å². The number of aliphatic carboxylic acids is 1. The number of carboxylic acids is 1. The standard InChI is InChI=1S/C14H14N2O5/c1-8-11(7-12(17)18)13(19)16(14(20)15-8)9-3-5-10(21-2)6-4-9/h3-6H,7H2,1-2H3,(H,15,20)(H,17,18). The topological polar surface area (TPSA) is 101 Å². The highest BCUT2D eigenvalue weighted by molar-refractivity contribution is 5.70. The predicted octanol–water partition coefficient (Wildman–Crippen LogP) is 0.470. The zero-order chi connectivity index (χ0) is 15.6. The van der Waals surface area contributed by atoms with Crippen molar-refractivity contribution in [3.05, 3.63) is 56.4 Å². The Morgan fingerprint density at radius 1 is 1.29 bits per heavy atom. The van der Waals surface area contributed by atoms with Gasteiger partial charge in [0.25, 0.3) is 5.56 Å². The van der Waals surface area contributed by atoms with E-state index in [0.717, 1.165) is 4.57 Å². The molecule has 0 spiro atoms. The first-order chi connectivity index (χ1) is 9.93. The molecule has 0 saturated carbocycles. The molecular formula is C14H14N2O5. The number of aromatic nitrogens is 2. The Bertz CT molecular complexity index is 786. The molecule has 110 valence electrons. The van der Waals surface area contributed by atoms with E-state index in [-0.39, 0.29) is 11.3 Å². The fourth-order valence-electron chi connectivity index (χ4n) is 2.00. The fourth-order valence-corrected chi connectivity index (χ4v) is 2.00. The van der Waals surface area contributed by atoms with Crippen molar-refractivity contribution in [2.24, 2.45) is 0 Å². The second-order valence-electron chi connectivity index (χ2n) is 4.44. The van der Waals surface area contributed by atoms with Gasteiger partial charge >= 0.3 is 11.7 Å². The van der Waals surface area contributed by atoms with Gasteiger partial charge in [-0.3, -0.25) is 9.59 Å². The van der Waals surface area contributed by atoms with Crippen LogP contribution in [-0.2, 0) is 11.2 Å². The van der Waals surface area contributed by atoms with E-state index in [4.69, 9.17) is 9.84 Å². The molecule has 1 aromatic heterocycles. The first-order valence-electron chi connectivity index (χ1n) is 6.15. The van der Waals surface area contributed by atoms with Gasteiger partial charge in [0.15, 0.2) is 0 Å². The molecule has 2 rings (SSSR count). The Kier molecular flexibility index (Phi) is 3.93. The molecule has 1 heterocycles. The molecule has 1 aromatic carbocycles. The number of hydrogen-bond acceptors (Lipinski definition) is 4. The summed E-state index contributed by atoms with van der Waals surface area (Å²) in [5, 5.41) is 8.86. The van der Waals surface area contributed by atoms with Crippen molar-refractivity contribution in [3.63, 3.8) is 0 Å². The molecule has 7 heteroatoms. The Balaban J connectivity index is 2.65. The number of rotatable bonds is 4. The van der Waals surface area contributed by atoms with Gasteiger partial charge in [-0.05, 0) is 31.2 Å². The van der Waals surface area contributed by atoms with Crippen molar-refractivity contribution >= 4 is 5.97 Å². The highest BCUT2D eigenvalue weighted by Crippen LogP contribution is 2.12. The molecule has 0 aliphatic heterocycles. The van der Waals surface area contributed by atoms with Crippen molar-refractivity contribution in [1.29, 1.82) is 0 Å². The van der Waals surface area contributed by atoms with E-state index < -0.39 is 23.6 Å². The van der Waals surface area contributed by atoms with E-state index in [1.165, 1.54) is 14.0 Å². The number of H-pyrrole nitrogens is 1. The van der Waals surface area contributed by atoms with Gasteiger partial charge in [0.1, 0.15) is 5.75 Å². The van der Waals surface area contributed by atoms with Crippen LogP contribution in [0.2, 0.25) is 0 Å². The lowest BCUT2D eigenvalue weighted by Crippen LogP contribution is -2.37. The number of methoxy groups -OCH3 is 1. The molecule has 2 N–H and O–H groups in total. The summed E-state index contributed by atoms with van der Waals surface area (Å²) in [7, 11) is 1.50. The lowest BCUT2D eigenvalue weighted by Gasteiger charge is -2.09. The first kappa shape index (κ1) is 14.6. The van der Waals surface area contributed by atoms with Gasteiger partial charge in [0, 0.05) is 11.3 Å². The SMILES string of the molecule is COc1ccc(-n2c(=O)[nH]c(C)c(CC(=O)O)c2=O)cc1. The molecule has 0 bridgehead atoms. The zero-order valence-electron chi connectivity index (χ0n) is 11.5. The largest absolute Gasteiger partial charge is 0.497 e. The van der Waals surface area contributed by atoms with Crippen molar-refractivity contribution in [2.75, 3.05) is 7.11 Å². The molecule has 0 fully saturated rings. The third kappa shape index (κ3) is 2.86. The zero-order valence-corrected chi connectivity index (χ0v) is 11.5. The van der Waals surface area contributed by atoms with Crippen LogP contribution in [0.4, 0.5) is 0 Å². The quantitative estimate of drug-likeness (QED) is 0.852. The average molecular weight is 290 g/mol. The van der Waals surface area contributed by atoms with Gasteiger partial charge in [-0.15, -0.1) is 0 Å². The average Bonchev–Trinajstić information content (AvgIpc) is 2.44.